The van der Waals surface area contributed by atoms with Crippen molar-refractivity contribution in [3.63, 3.8) is 0 Å². The van der Waals surface area contributed by atoms with Crippen LogP contribution in [-0.4, -0.2) is 14.8 Å². The van der Waals surface area contributed by atoms with Gasteiger partial charge < -0.3 is 0 Å². The molecule has 0 aliphatic heterocycles. The van der Waals surface area contributed by atoms with Crippen LogP contribution in [0.1, 0.15) is 17.0 Å². The minimum atomic E-state index is -4.48. The van der Waals surface area contributed by atoms with Crippen molar-refractivity contribution in [2.24, 2.45) is 0 Å². The van der Waals surface area contributed by atoms with Gasteiger partial charge >= 0.3 is 6.18 Å². The SMILES string of the molecule is Cc1c(-n2ncc3ccccc32)cc(C(F)(F)F)cc1-[n+]1cccnc1C. The number of hydrogen-bond donors (Lipinski definition) is 0. The smallest absolute Gasteiger partial charge is 0.233 e. The summed E-state index contributed by atoms with van der Waals surface area (Å²) in [5.74, 6) is 0.594. The first-order valence-corrected chi connectivity index (χ1v) is 8.35. The van der Waals surface area contributed by atoms with Gasteiger partial charge in [0.15, 0.2) is 0 Å². The fourth-order valence-electron chi connectivity index (χ4n) is 3.18. The van der Waals surface area contributed by atoms with Crippen molar-refractivity contribution < 1.29 is 17.7 Å². The van der Waals surface area contributed by atoms with E-state index in [1.54, 1.807) is 47.8 Å². The number of halogens is 3. The Hall–Kier alpha value is -3.22. The van der Waals surface area contributed by atoms with E-state index in [0.717, 1.165) is 23.0 Å². The number of rotatable bonds is 2. The molecule has 0 spiro atoms. The van der Waals surface area contributed by atoms with E-state index in [1.807, 2.05) is 24.3 Å². The minimum Gasteiger partial charge on any atom is -0.233 e. The van der Waals surface area contributed by atoms with E-state index in [0.29, 0.717) is 22.8 Å². The first kappa shape index (κ1) is 17.2. The van der Waals surface area contributed by atoms with Crippen LogP contribution in [0.15, 0.2) is 61.1 Å². The number of para-hydroxylation sites is 1. The maximum absolute atomic E-state index is 13.6. The van der Waals surface area contributed by atoms with Gasteiger partial charge in [0.1, 0.15) is 18.1 Å². The average molecular weight is 369 g/mol. The first-order chi connectivity index (χ1) is 12.9. The molecule has 0 fully saturated rings. The van der Waals surface area contributed by atoms with Gasteiger partial charge in [0.05, 0.1) is 23.0 Å². The summed E-state index contributed by atoms with van der Waals surface area (Å²) in [6.45, 7) is 3.55. The molecule has 7 heteroatoms. The average Bonchev–Trinajstić information content (AvgIpc) is 3.06. The van der Waals surface area contributed by atoms with Gasteiger partial charge in [-0.3, -0.25) is 0 Å². The van der Waals surface area contributed by atoms with Crippen molar-refractivity contribution in [1.82, 2.24) is 14.8 Å². The molecular formula is C20H16F3N4+. The summed E-state index contributed by atoms with van der Waals surface area (Å²) in [6, 6.07) is 11.4. The van der Waals surface area contributed by atoms with Crippen LogP contribution in [0.3, 0.4) is 0 Å². The molecule has 0 aliphatic carbocycles. The molecule has 0 bridgehead atoms. The number of alkyl halides is 3. The Kier molecular flexibility index (Phi) is 3.95. The predicted octanol–water partition coefficient (Wildman–Crippen LogP) is 4.33. The highest BCUT2D eigenvalue weighted by atomic mass is 19.4. The lowest BCUT2D eigenvalue weighted by atomic mass is 10.1. The van der Waals surface area contributed by atoms with Gasteiger partial charge in [-0.25, -0.2) is 9.25 Å². The zero-order valence-electron chi connectivity index (χ0n) is 14.7. The lowest BCUT2D eigenvalue weighted by molar-refractivity contribution is -0.606. The van der Waals surface area contributed by atoms with Gasteiger partial charge in [-0.2, -0.15) is 18.3 Å². The third-order valence-electron chi connectivity index (χ3n) is 4.58. The van der Waals surface area contributed by atoms with E-state index in [9.17, 15) is 13.2 Å². The fourth-order valence-corrected chi connectivity index (χ4v) is 3.18. The molecule has 2 aromatic carbocycles. The molecule has 2 heterocycles. The van der Waals surface area contributed by atoms with E-state index < -0.39 is 11.7 Å². The van der Waals surface area contributed by atoms with Crippen LogP contribution >= 0.6 is 0 Å². The highest BCUT2D eigenvalue weighted by Crippen LogP contribution is 2.34. The second-order valence-corrected chi connectivity index (χ2v) is 6.29. The molecule has 0 saturated heterocycles. The maximum atomic E-state index is 13.6. The highest BCUT2D eigenvalue weighted by molar-refractivity contribution is 5.80. The third-order valence-corrected chi connectivity index (χ3v) is 4.58. The molecule has 0 radical (unpaired) electrons. The Morgan fingerprint density at radius 1 is 1.04 bits per heavy atom. The lowest BCUT2D eigenvalue weighted by Gasteiger charge is -2.16. The zero-order chi connectivity index (χ0) is 19.2. The summed E-state index contributed by atoms with van der Waals surface area (Å²) < 4.78 is 44.0. The third kappa shape index (κ3) is 2.95. The molecule has 4 rings (SSSR count). The van der Waals surface area contributed by atoms with Crippen LogP contribution in [0.25, 0.3) is 22.3 Å². The van der Waals surface area contributed by atoms with Crippen LogP contribution in [0.5, 0.6) is 0 Å². The Morgan fingerprint density at radius 3 is 2.56 bits per heavy atom. The van der Waals surface area contributed by atoms with Crippen LogP contribution < -0.4 is 4.57 Å². The number of aromatic nitrogens is 4. The summed E-state index contributed by atoms with van der Waals surface area (Å²) in [6.07, 6.45) is 0.487. The summed E-state index contributed by atoms with van der Waals surface area (Å²) in [7, 11) is 0. The molecule has 0 amide bonds. The van der Waals surface area contributed by atoms with E-state index in [4.69, 9.17) is 0 Å². The Balaban J connectivity index is 2.05. The van der Waals surface area contributed by atoms with Crippen LogP contribution in [-0.2, 0) is 6.18 Å². The van der Waals surface area contributed by atoms with Crippen LogP contribution in [0, 0.1) is 13.8 Å². The number of aryl methyl sites for hydroxylation is 1. The van der Waals surface area contributed by atoms with Gasteiger partial charge in [-0.15, -0.1) is 0 Å². The molecule has 2 aromatic heterocycles. The monoisotopic (exact) mass is 369 g/mol. The number of hydrogen-bond acceptors (Lipinski definition) is 2. The normalized spacial score (nSPS) is 11.9. The highest BCUT2D eigenvalue weighted by Gasteiger charge is 2.33. The van der Waals surface area contributed by atoms with E-state index in [1.165, 1.54) is 0 Å². The fraction of sp³-hybridized carbons (Fsp3) is 0.150. The van der Waals surface area contributed by atoms with Gasteiger partial charge in [0.25, 0.3) is 5.82 Å². The molecule has 0 saturated carbocycles. The number of nitrogens with zero attached hydrogens (tertiary/aromatic N) is 4. The Labute approximate surface area is 153 Å². The molecule has 0 N–H and O–H groups in total. The molecule has 136 valence electrons. The van der Waals surface area contributed by atoms with Crippen molar-refractivity contribution in [2.75, 3.05) is 0 Å². The molecule has 4 nitrogen and oxygen atoms in total. The van der Waals surface area contributed by atoms with Crippen molar-refractivity contribution in [3.05, 3.63) is 78.0 Å². The molecule has 27 heavy (non-hydrogen) atoms. The lowest BCUT2D eigenvalue weighted by Crippen LogP contribution is -2.36. The van der Waals surface area contributed by atoms with E-state index in [2.05, 4.69) is 10.1 Å². The van der Waals surface area contributed by atoms with E-state index in [-0.39, 0.29) is 0 Å². The van der Waals surface area contributed by atoms with Gasteiger partial charge in [-0.1, -0.05) is 23.2 Å². The van der Waals surface area contributed by atoms with E-state index >= 15 is 0 Å². The van der Waals surface area contributed by atoms with Gasteiger partial charge in [-0.05, 0) is 25.1 Å². The first-order valence-electron chi connectivity index (χ1n) is 8.35. The maximum Gasteiger partial charge on any atom is 0.416 e. The molecule has 0 atom stereocenters. The minimum absolute atomic E-state index is 0.386. The topological polar surface area (TPSA) is 34.6 Å². The Bertz CT molecular complexity index is 1150. The molecule has 0 aliphatic rings. The summed E-state index contributed by atoms with van der Waals surface area (Å²) in [5, 5.41) is 5.19. The molecule has 4 aromatic rings. The summed E-state index contributed by atoms with van der Waals surface area (Å²) >= 11 is 0. The predicted molar refractivity (Wildman–Crippen MR) is 94.9 cm³/mol. The van der Waals surface area contributed by atoms with Crippen molar-refractivity contribution >= 4 is 10.9 Å². The molecular weight excluding hydrogens is 353 g/mol. The standard InChI is InChI=1S/C20H16F3N4/c1-13-18(26-9-5-8-24-14(26)2)10-16(20(21,22)23)11-19(13)27-17-7-4-3-6-15(17)12-25-27/h3-12H,1-2H3/q+1. The van der Waals surface area contributed by atoms with Gasteiger partial charge in [0, 0.05) is 23.9 Å². The summed E-state index contributed by atoms with van der Waals surface area (Å²) in [5.41, 5.74) is 1.51. The van der Waals surface area contributed by atoms with Crippen molar-refractivity contribution in [3.8, 4) is 11.4 Å². The second kappa shape index (κ2) is 6.19. The zero-order valence-corrected chi connectivity index (χ0v) is 14.7. The number of fused-ring (bicyclic) bond motifs is 1. The van der Waals surface area contributed by atoms with Crippen LogP contribution in [0.4, 0.5) is 13.2 Å². The van der Waals surface area contributed by atoms with Crippen LogP contribution in [0.2, 0.25) is 0 Å². The van der Waals surface area contributed by atoms with Crippen molar-refractivity contribution in [2.45, 2.75) is 20.0 Å². The Morgan fingerprint density at radius 2 is 1.81 bits per heavy atom. The van der Waals surface area contributed by atoms with Crippen molar-refractivity contribution in [1.29, 1.82) is 0 Å². The largest absolute Gasteiger partial charge is 0.416 e. The quantitative estimate of drug-likeness (QED) is 0.493. The second-order valence-electron chi connectivity index (χ2n) is 6.29. The summed E-state index contributed by atoms with van der Waals surface area (Å²) in [4.78, 5) is 4.19. The number of benzene rings is 2. The van der Waals surface area contributed by atoms with Gasteiger partial charge in [0.2, 0.25) is 0 Å². The molecule has 0 unspecified atom stereocenters.